The van der Waals surface area contributed by atoms with Gasteiger partial charge in [-0.1, -0.05) is 35.5 Å². The summed E-state index contributed by atoms with van der Waals surface area (Å²) in [5.41, 5.74) is 2.16. The molecule has 3 rings (SSSR count). The van der Waals surface area contributed by atoms with Gasteiger partial charge in [0.2, 0.25) is 0 Å². The summed E-state index contributed by atoms with van der Waals surface area (Å²) < 4.78 is 4.78. The van der Waals surface area contributed by atoms with Gasteiger partial charge in [-0.2, -0.15) is 0 Å². The Morgan fingerprint density at radius 1 is 1.38 bits per heavy atom. The smallest absolute Gasteiger partial charge is 0.317 e. The summed E-state index contributed by atoms with van der Waals surface area (Å²) in [4.78, 5) is 16.1. The average molecular weight is 328 g/mol. The van der Waals surface area contributed by atoms with E-state index in [1.54, 1.807) is 18.0 Å². The van der Waals surface area contributed by atoms with Crippen molar-refractivity contribution in [2.45, 2.75) is 18.9 Å². The Morgan fingerprint density at radius 2 is 2.21 bits per heavy atom. The van der Waals surface area contributed by atoms with Crippen molar-refractivity contribution < 1.29 is 9.32 Å². The van der Waals surface area contributed by atoms with E-state index in [4.69, 9.17) is 4.52 Å². The maximum Gasteiger partial charge on any atom is 0.317 e. The SMILES string of the molecule is CN(Cc1ccon1)C(=O)NCCN1CCC(c2ccccc2)C1. The minimum Gasteiger partial charge on any atom is -0.364 e. The molecule has 1 aromatic carbocycles. The molecule has 0 aliphatic carbocycles. The zero-order valence-corrected chi connectivity index (χ0v) is 14.0. The molecule has 1 unspecified atom stereocenters. The lowest BCUT2D eigenvalue weighted by atomic mass is 9.99. The zero-order chi connectivity index (χ0) is 16.8. The van der Waals surface area contributed by atoms with Crippen molar-refractivity contribution in [3.8, 4) is 0 Å². The van der Waals surface area contributed by atoms with Crippen LogP contribution in [0.4, 0.5) is 4.79 Å². The van der Waals surface area contributed by atoms with Crippen LogP contribution in [0.25, 0.3) is 0 Å². The Balaban J connectivity index is 1.37. The summed E-state index contributed by atoms with van der Waals surface area (Å²) in [5.74, 6) is 0.608. The van der Waals surface area contributed by atoms with Gasteiger partial charge in [0.25, 0.3) is 0 Å². The fraction of sp³-hybridized carbons (Fsp3) is 0.444. The molecule has 0 saturated carbocycles. The van der Waals surface area contributed by atoms with Crippen molar-refractivity contribution in [2.75, 3.05) is 33.2 Å². The zero-order valence-electron chi connectivity index (χ0n) is 14.0. The molecule has 1 aliphatic heterocycles. The van der Waals surface area contributed by atoms with Crippen LogP contribution in [-0.2, 0) is 6.54 Å². The summed E-state index contributed by atoms with van der Waals surface area (Å²) >= 11 is 0. The van der Waals surface area contributed by atoms with Gasteiger partial charge in [0, 0.05) is 32.7 Å². The van der Waals surface area contributed by atoms with Crippen LogP contribution >= 0.6 is 0 Å². The Morgan fingerprint density at radius 3 is 2.96 bits per heavy atom. The van der Waals surface area contributed by atoms with Gasteiger partial charge >= 0.3 is 6.03 Å². The molecule has 2 heterocycles. The minimum absolute atomic E-state index is 0.0863. The number of rotatable bonds is 6. The topological polar surface area (TPSA) is 61.6 Å². The lowest BCUT2D eigenvalue weighted by Crippen LogP contribution is -2.40. The number of aromatic nitrogens is 1. The van der Waals surface area contributed by atoms with Crippen LogP contribution in [0.15, 0.2) is 47.2 Å². The van der Waals surface area contributed by atoms with Crippen molar-refractivity contribution in [3.63, 3.8) is 0 Å². The summed E-state index contributed by atoms with van der Waals surface area (Å²) in [6.07, 6.45) is 2.70. The Kier molecular flexibility index (Phi) is 5.48. The maximum atomic E-state index is 12.1. The predicted molar refractivity (Wildman–Crippen MR) is 91.6 cm³/mol. The summed E-state index contributed by atoms with van der Waals surface area (Å²) in [6.45, 7) is 4.14. The first-order valence-electron chi connectivity index (χ1n) is 8.38. The molecule has 24 heavy (non-hydrogen) atoms. The molecule has 1 aromatic heterocycles. The van der Waals surface area contributed by atoms with Gasteiger partial charge < -0.3 is 19.6 Å². The van der Waals surface area contributed by atoms with Crippen LogP contribution < -0.4 is 5.32 Å². The van der Waals surface area contributed by atoms with Gasteiger partial charge in [-0.15, -0.1) is 0 Å². The molecule has 2 aromatic rings. The van der Waals surface area contributed by atoms with E-state index >= 15 is 0 Å². The van der Waals surface area contributed by atoms with Gasteiger partial charge in [-0.3, -0.25) is 0 Å². The number of carbonyl (C=O) groups is 1. The lowest BCUT2D eigenvalue weighted by Gasteiger charge is -2.19. The van der Waals surface area contributed by atoms with Gasteiger partial charge in [0.15, 0.2) is 0 Å². The van der Waals surface area contributed by atoms with Gasteiger partial charge in [0.1, 0.15) is 12.0 Å². The van der Waals surface area contributed by atoms with E-state index < -0.39 is 0 Å². The van der Waals surface area contributed by atoms with E-state index in [1.165, 1.54) is 18.2 Å². The molecule has 1 fully saturated rings. The van der Waals surface area contributed by atoms with Gasteiger partial charge in [-0.25, -0.2) is 4.79 Å². The second kappa shape index (κ2) is 7.97. The third kappa shape index (κ3) is 4.35. The fourth-order valence-electron chi connectivity index (χ4n) is 3.12. The molecule has 2 amide bonds. The molecule has 1 N–H and O–H groups in total. The van der Waals surface area contributed by atoms with Crippen LogP contribution in [0.2, 0.25) is 0 Å². The quantitative estimate of drug-likeness (QED) is 0.884. The van der Waals surface area contributed by atoms with Crippen molar-refractivity contribution in [1.29, 1.82) is 0 Å². The van der Waals surface area contributed by atoms with E-state index in [9.17, 15) is 4.79 Å². The Hall–Kier alpha value is -2.34. The molecule has 128 valence electrons. The van der Waals surface area contributed by atoms with E-state index in [2.05, 4.69) is 45.7 Å². The lowest BCUT2D eigenvalue weighted by molar-refractivity contribution is 0.203. The molecular formula is C18H24N4O2. The van der Waals surface area contributed by atoms with Crippen molar-refractivity contribution in [2.24, 2.45) is 0 Å². The third-order valence-electron chi connectivity index (χ3n) is 4.48. The number of benzene rings is 1. The first-order chi connectivity index (χ1) is 11.7. The molecule has 1 saturated heterocycles. The predicted octanol–water partition coefficient (Wildman–Crippen LogP) is 2.31. The van der Waals surface area contributed by atoms with Gasteiger partial charge in [-0.05, 0) is 24.4 Å². The molecule has 0 bridgehead atoms. The molecule has 1 aliphatic rings. The number of carbonyl (C=O) groups excluding carboxylic acids is 1. The first-order valence-corrected chi connectivity index (χ1v) is 8.38. The third-order valence-corrected chi connectivity index (χ3v) is 4.48. The average Bonchev–Trinajstić information content (AvgIpc) is 3.27. The molecule has 6 nitrogen and oxygen atoms in total. The highest BCUT2D eigenvalue weighted by Crippen LogP contribution is 2.26. The number of likely N-dealkylation sites (tertiary alicyclic amines) is 1. The number of amides is 2. The van der Waals surface area contributed by atoms with Crippen LogP contribution in [0, 0.1) is 0 Å². The first kappa shape index (κ1) is 16.5. The number of nitrogens with zero attached hydrogens (tertiary/aromatic N) is 3. The number of hydrogen-bond acceptors (Lipinski definition) is 4. The van der Waals surface area contributed by atoms with Crippen molar-refractivity contribution >= 4 is 6.03 Å². The van der Waals surface area contributed by atoms with E-state index in [0.717, 1.165) is 25.3 Å². The molecule has 0 radical (unpaired) electrons. The number of urea groups is 1. The summed E-state index contributed by atoms with van der Waals surface area (Å²) in [6, 6.07) is 12.3. The van der Waals surface area contributed by atoms with E-state index in [1.807, 2.05) is 0 Å². The van der Waals surface area contributed by atoms with Crippen molar-refractivity contribution in [3.05, 3.63) is 53.9 Å². The standard InChI is InChI=1S/C18H24N4O2/c1-21(14-17-8-12-24-20-17)18(23)19-9-11-22-10-7-16(13-22)15-5-3-2-4-6-15/h2-6,8,12,16H,7,9-11,13-14H2,1H3,(H,19,23). The second-order valence-electron chi connectivity index (χ2n) is 6.28. The maximum absolute atomic E-state index is 12.1. The van der Waals surface area contributed by atoms with E-state index in [0.29, 0.717) is 19.0 Å². The highest BCUT2D eigenvalue weighted by Gasteiger charge is 2.23. The normalized spacial score (nSPS) is 17.8. The minimum atomic E-state index is -0.0863. The Labute approximate surface area is 142 Å². The number of hydrogen-bond donors (Lipinski definition) is 1. The van der Waals surface area contributed by atoms with E-state index in [-0.39, 0.29) is 6.03 Å². The van der Waals surface area contributed by atoms with Crippen LogP contribution in [-0.4, -0.2) is 54.2 Å². The summed E-state index contributed by atoms with van der Waals surface area (Å²) in [7, 11) is 1.76. The second-order valence-corrected chi connectivity index (χ2v) is 6.28. The van der Waals surface area contributed by atoms with Crippen molar-refractivity contribution in [1.82, 2.24) is 20.3 Å². The molecule has 6 heteroatoms. The van der Waals surface area contributed by atoms with Crippen LogP contribution in [0.3, 0.4) is 0 Å². The van der Waals surface area contributed by atoms with Gasteiger partial charge in [0.05, 0.1) is 6.54 Å². The fourth-order valence-corrected chi connectivity index (χ4v) is 3.12. The highest BCUT2D eigenvalue weighted by molar-refractivity contribution is 5.73. The largest absolute Gasteiger partial charge is 0.364 e. The van der Waals surface area contributed by atoms with Crippen LogP contribution in [0.5, 0.6) is 0 Å². The number of nitrogens with one attached hydrogen (secondary N) is 1. The highest BCUT2D eigenvalue weighted by atomic mass is 16.5. The van der Waals surface area contributed by atoms with Crippen LogP contribution in [0.1, 0.15) is 23.6 Å². The Bertz CT molecular complexity index is 630. The monoisotopic (exact) mass is 328 g/mol. The molecule has 0 spiro atoms. The molecule has 1 atom stereocenters. The molecular weight excluding hydrogens is 304 g/mol. The summed E-state index contributed by atoms with van der Waals surface area (Å²) in [5, 5.41) is 6.78.